The minimum Gasteiger partial charge on any atom is -0.496 e. The van der Waals surface area contributed by atoms with Gasteiger partial charge in [-0.05, 0) is 95.9 Å². The molecular formula is C33H46N4O4. The number of rotatable bonds is 4. The maximum absolute atomic E-state index is 13.7. The number of piperidine rings is 1. The summed E-state index contributed by atoms with van der Waals surface area (Å²) < 4.78 is 11.3. The van der Waals surface area contributed by atoms with E-state index in [2.05, 4.69) is 47.3 Å². The van der Waals surface area contributed by atoms with Gasteiger partial charge in [0.15, 0.2) is 0 Å². The van der Waals surface area contributed by atoms with Gasteiger partial charge in [-0.1, -0.05) is 18.2 Å². The van der Waals surface area contributed by atoms with Crippen LogP contribution in [-0.4, -0.2) is 60.3 Å². The first-order valence-electron chi connectivity index (χ1n) is 14.9. The third-order valence-electron chi connectivity index (χ3n) is 7.88. The lowest BCUT2D eigenvalue weighted by Gasteiger charge is -2.40. The molecule has 0 atom stereocenters. The lowest BCUT2D eigenvalue weighted by Crippen LogP contribution is -2.48. The van der Waals surface area contributed by atoms with E-state index in [9.17, 15) is 9.59 Å². The fourth-order valence-corrected chi connectivity index (χ4v) is 5.90. The summed E-state index contributed by atoms with van der Waals surface area (Å²) in [6, 6.07) is 4.47. The highest BCUT2D eigenvalue weighted by Crippen LogP contribution is 2.31. The molecule has 8 heteroatoms. The Hall–Kier alpha value is -3.55. The number of pyridine rings is 1. The smallest absolute Gasteiger partial charge is 0.410 e. The van der Waals surface area contributed by atoms with E-state index in [1.54, 1.807) is 18.2 Å². The molecule has 2 amide bonds. The molecular weight excluding hydrogens is 516 g/mol. The molecule has 0 aliphatic carbocycles. The molecule has 222 valence electrons. The van der Waals surface area contributed by atoms with Crippen molar-refractivity contribution in [1.29, 1.82) is 0 Å². The molecule has 0 spiro atoms. The van der Waals surface area contributed by atoms with E-state index in [-0.39, 0.29) is 18.0 Å². The molecule has 1 saturated heterocycles. The quantitative estimate of drug-likeness (QED) is 0.461. The lowest BCUT2D eigenvalue weighted by molar-refractivity contribution is 0.0204. The highest BCUT2D eigenvalue weighted by atomic mass is 16.6. The maximum atomic E-state index is 13.7. The number of allylic oxidation sites excluding steroid dienone is 2. The average Bonchev–Trinajstić information content (AvgIpc) is 2.94. The monoisotopic (exact) mass is 562 g/mol. The van der Waals surface area contributed by atoms with E-state index in [0.29, 0.717) is 31.6 Å². The largest absolute Gasteiger partial charge is 0.496 e. The summed E-state index contributed by atoms with van der Waals surface area (Å²) in [5.41, 5.74) is 5.48. The Morgan fingerprint density at radius 2 is 1.90 bits per heavy atom. The van der Waals surface area contributed by atoms with Crippen molar-refractivity contribution in [2.75, 3.05) is 31.6 Å². The summed E-state index contributed by atoms with van der Waals surface area (Å²) in [6.45, 7) is 12.3. The summed E-state index contributed by atoms with van der Waals surface area (Å²) in [5.74, 6) is 0.680. The summed E-state index contributed by atoms with van der Waals surface area (Å²) in [5, 5.41) is 3.17. The molecule has 0 unspecified atom stereocenters. The van der Waals surface area contributed by atoms with Gasteiger partial charge in [-0.3, -0.25) is 9.78 Å². The van der Waals surface area contributed by atoms with Crippen LogP contribution in [0.5, 0.6) is 5.75 Å². The zero-order valence-electron chi connectivity index (χ0n) is 25.6. The number of hydrogen-bond donors (Lipinski definition) is 1. The van der Waals surface area contributed by atoms with Gasteiger partial charge in [0.1, 0.15) is 11.4 Å². The number of aromatic nitrogens is 1. The van der Waals surface area contributed by atoms with Crippen molar-refractivity contribution < 1.29 is 19.1 Å². The van der Waals surface area contributed by atoms with Crippen LogP contribution >= 0.6 is 0 Å². The van der Waals surface area contributed by atoms with E-state index >= 15 is 0 Å². The number of carbonyl (C=O) groups excluding carboxylic acids is 2. The number of amides is 2. The molecule has 2 aliphatic heterocycles. The second kappa shape index (κ2) is 13.4. The number of nitrogens with zero attached hydrogens (tertiary/aromatic N) is 3. The number of anilines is 1. The van der Waals surface area contributed by atoms with Crippen LogP contribution in [0.15, 0.2) is 36.7 Å². The fraction of sp³-hybridized carbons (Fsp3) is 0.545. The van der Waals surface area contributed by atoms with Crippen LogP contribution in [0.25, 0.3) is 0 Å². The molecule has 1 N–H and O–H groups in total. The number of fused-ring (bicyclic) bond motifs is 2. The third kappa shape index (κ3) is 7.60. The number of ether oxygens (including phenoxy) is 2. The van der Waals surface area contributed by atoms with Crippen molar-refractivity contribution in [2.24, 2.45) is 0 Å². The Kier molecular flexibility index (Phi) is 9.94. The lowest BCUT2D eigenvalue weighted by atomic mass is 9.98. The number of aryl methyl sites for hydroxylation is 2. The Balaban J connectivity index is 1.59. The summed E-state index contributed by atoms with van der Waals surface area (Å²) in [6.07, 6.45) is 13.0. The highest BCUT2D eigenvalue weighted by molar-refractivity contribution is 5.97. The maximum Gasteiger partial charge on any atom is 0.410 e. The number of methoxy groups -OCH3 is 1. The van der Waals surface area contributed by atoms with Crippen molar-refractivity contribution >= 4 is 17.7 Å². The van der Waals surface area contributed by atoms with E-state index in [1.807, 2.05) is 33.0 Å². The van der Waals surface area contributed by atoms with Gasteiger partial charge in [0.05, 0.1) is 24.6 Å². The van der Waals surface area contributed by atoms with Crippen molar-refractivity contribution in [3.63, 3.8) is 0 Å². The number of nitrogens with one attached hydrogen (secondary N) is 1. The highest BCUT2D eigenvalue weighted by Gasteiger charge is 2.31. The average molecular weight is 563 g/mol. The molecule has 1 fully saturated rings. The normalized spacial score (nSPS) is 17.6. The van der Waals surface area contributed by atoms with Crippen molar-refractivity contribution in [1.82, 2.24) is 15.2 Å². The van der Waals surface area contributed by atoms with Crippen molar-refractivity contribution in [3.8, 4) is 5.75 Å². The molecule has 2 aliphatic rings. The topological polar surface area (TPSA) is 84.0 Å². The molecule has 1 aromatic heterocycles. The first-order valence-corrected chi connectivity index (χ1v) is 14.9. The number of likely N-dealkylation sites (tertiary alicyclic amines) is 1. The molecule has 0 bridgehead atoms. The first-order chi connectivity index (χ1) is 19.6. The van der Waals surface area contributed by atoms with Gasteiger partial charge in [0.2, 0.25) is 0 Å². The minimum absolute atomic E-state index is 0.133. The van der Waals surface area contributed by atoms with E-state index in [1.165, 1.54) is 5.56 Å². The summed E-state index contributed by atoms with van der Waals surface area (Å²) >= 11 is 0. The Morgan fingerprint density at radius 1 is 1.15 bits per heavy atom. The van der Waals surface area contributed by atoms with E-state index < -0.39 is 5.60 Å². The van der Waals surface area contributed by atoms with Gasteiger partial charge in [-0.2, -0.15) is 0 Å². The first kappa shape index (κ1) is 30.4. The molecule has 41 heavy (non-hydrogen) atoms. The van der Waals surface area contributed by atoms with Gasteiger partial charge in [-0.25, -0.2) is 4.79 Å². The zero-order chi connectivity index (χ0) is 29.6. The van der Waals surface area contributed by atoms with Crippen LogP contribution in [0.4, 0.5) is 10.5 Å². The Morgan fingerprint density at radius 3 is 2.59 bits per heavy atom. The van der Waals surface area contributed by atoms with Gasteiger partial charge in [0, 0.05) is 44.0 Å². The summed E-state index contributed by atoms with van der Waals surface area (Å²) in [7, 11) is 1.68. The predicted octanol–water partition coefficient (Wildman–Crippen LogP) is 5.99. The molecule has 3 heterocycles. The van der Waals surface area contributed by atoms with Gasteiger partial charge in [0.25, 0.3) is 5.91 Å². The van der Waals surface area contributed by atoms with Gasteiger partial charge in [-0.15, -0.1) is 0 Å². The predicted molar refractivity (Wildman–Crippen MR) is 163 cm³/mol. The molecule has 2 aromatic rings. The molecule has 0 saturated carbocycles. The summed E-state index contributed by atoms with van der Waals surface area (Å²) in [4.78, 5) is 35.0. The van der Waals surface area contributed by atoms with Crippen LogP contribution < -0.4 is 15.0 Å². The van der Waals surface area contributed by atoms with Crippen molar-refractivity contribution in [2.45, 2.75) is 91.3 Å². The van der Waals surface area contributed by atoms with Gasteiger partial charge >= 0.3 is 6.09 Å². The molecule has 0 radical (unpaired) electrons. The van der Waals surface area contributed by atoms with Crippen LogP contribution in [0.3, 0.4) is 0 Å². The third-order valence-corrected chi connectivity index (χ3v) is 7.88. The number of carbonyl (C=O) groups is 2. The standard InChI is InChI=1S/C33H46N4O4/c1-7-37(25-14-16-36(17-15-25)32(39)41-33(3,4)5)29-22-34-20-28-26(29)13-11-9-8-10-12-24-18-23(2)19-30(40-6)27(24)21-35-31(28)38/h9,11,18-20,22,25H,7-8,10,12-17,21H2,1-6H3,(H,35,38)/b11-9+. The zero-order valence-corrected chi connectivity index (χ0v) is 25.6. The second-order valence-electron chi connectivity index (χ2n) is 12.0. The number of hydrogen-bond acceptors (Lipinski definition) is 6. The van der Waals surface area contributed by atoms with Gasteiger partial charge < -0.3 is 24.6 Å². The van der Waals surface area contributed by atoms with E-state index in [4.69, 9.17) is 9.47 Å². The minimum atomic E-state index is -0.510. The van der Waals surface area contributed by atoms with Crippen LogP contribution in [0, 0.1) is 6.92 Å². The number of benzene rings is 1. The molecule has 8 nitrogen and oxygen atoms in total. The fourth-order valence-electron chi connectivity index (χ4n) is 5.90. The molecule has 4 rings (SSSR count). The Labute approximate surface area is 245 Å². The SMILES string of the molecule is CCN(c1cncc2c1C/C=C/CCCc1cc(C)cc(OC)c1CNC2=O)C1CCN(C(=O)OC(C)(C)C)CC1. The second-order valence-corrected chi connectivity index (χ2v) is 12.0. The van der Waals surface area contributed by atoms with Crippen molar-refractivity contribution in [3.05, 3.63) is 64.5 Å². The van der Waals surface area contributed by atoms with Crippen LogP contribution in [0.2, 0.25) is 0 Å². The Bertz CT molecular complexity index is 1260. The van der Waals surface area contributed by atoms with Crippen LogP contribution in [0.1, 0.15) is 86.0 Å². The molecule has 1 aromatic carbocycles. The van der Waals surface area contributed by atoms with E-state index in [0.717, 1.165) is 66.8 Å². The van der Waals surface area contributed by atoms with Crippen LogP contribution in [-0.2, 0) is 24.1 Å².